The van der Waals surface area contributed by atoms with Crippen LogP contribution in [0.4, 0.5) is 0 Å². The summed E-state index contributed by atoms with van der Waals surface area (Å²) < 4.78 is 0. The first-order valence-corrected chi connectivity index (χ1v) is 4.12. The number of carbonyl (C=O) groups is 1. The Balaban J connectivity index is 4.99. The van der Waals surface area contributed by atoms with Gasteiger partial charge in [0.2, 0.25) is 0 Å². The van der Waals surface area contributed by atoms with Crippen LogP contribution in [0.25, 0.3) is 0 Å². The van der Waals surface area contributed by atoms with Crippen molar-refractivity contribution in [2.45, 2.75) is 13.3 Å². The summed E-state index contributed by atoms with van der Waals surface area (Å²) in [6.45, 7) is 5.45. The molecule has 4 heteroatoms. The fourth-order valence-electron chi connectivity index (χ4n) is 1.12. The molecule has 0 rings (SSSR count). The van der Waals surface area contributed by atoms with Crippen LogP contribution in [0.15, 0.2) is 24.2 Å². The van der Waals surface area contributed by atoms with E-state index in [0.717, 1.165) is 12.1 Å². The normalized spacial score (nSPS) is 11.6. The van der Waals surface area contributed by atoms with Gasteiger partial charge in [-0.05, 0) is 12.6 Å². The average molecular weight is 183 g/mol. The van der Waals surface area contributed by atoms with Gasteiger partial charge in [-0.3, -0.25) is 4.79 Å². The summed E-state index contributed by atoms with van der Waals surface area (Å²) in [5.41, 5.74) is 6.48. The van der Waals surface area contributed by atoms with Gasteiger partial charge in [0, 0.05) is 19.8 Å². The minimum Gasteiger partial charge on any atom is -0.379 e. The van der Waals surface area contributed by atoms with Gasteiger partial charge in [-0.15, -0.1) is 0 Å². The van der Waals surface area contributed by atoms with Crippen molar-refractivity contribution in [3.05, 3.63) is 24.2 Å². The molecule has 0 heterocycles. The van der Waals surface area contributed by atoms with E-state index in [9.17, 15) is 4.79 Å². The van der Waals surface area contributed by atoms with Crippen LogP contribution < -0.4 is 11.1 Å². The molecule has 0 radical (unpaired) electrons. The molecule has 0 aromatic rings. The van der Waals surface area contributed by atoms with Crippen LogP contribution >= 0.6 is 0 Å². The van der Waals surface area contributed by atoms with Gasteiger partial charge in [-0.1, -0.05) is 13.5 Å². The predicted molar refractivity (Wildman–Crippen MR) is 53.5 cm³/mol. The molecule has 3 N–H and O–H groups in total. The number of hydrogen-bond donors (Lipinski definition) is 2. The second kappa shape index (κ2) is 5.24. The van der Waals surface area contributed by atoms with Crippen LogP contribution in [0.2, 0.25) is 0 Å². The molecule has 0 saturated heterocycles. The Morgan fingerprint density at radius 3 is 2.38 bits per heavy atom. The first-order valence-electron chi connectivity index (χ1n) is 4.12. The third-order valence-electron chi connectivity index (χ3n) is 1.66. The lowest BCUT2D eigenvalue weighted by Gasteiger charge is -2.19. The lowest BCUT2D eigenvalue weighted by molar-refractivity contribution is -0.115. The van der Waals surface area contributed by atoms with E-state index in [4.69, 9.17) is 5.73 Å². The molecule has 4 nitrogen and oxygen atoms in total. The van der Waals surface area contributed by atoms with Gasteiger partial charge in [-0.2, -0.15) is 0 Å². The van der Waals surface area contributed by atoms with E-state index in [2.05, 4.69) is 11.9 Å². The lowest BCUT2D eigenvalue weighted by atomic mass is 10.2. The van der Waals surface area contributed by atoms with E-state index >= 15 is 0 Å². The highest BCUT2D eigenvalue weighted by Gasteiger charge is 2.10. The van der Waals surface area contributed by atoms with Crippen LogP contribution in [0.3, 0.4) is 0 Å². The maximum Gasteiger partial charge on any atom is 0.266 e. The van der Waals surface area contributed by atoms with Crippen molar-refractivity contribution in [3.63, 3.8) is 0 Å². The second-order valence-electron chi connectivity index (χ2n) is 2.78. The standard InChI is InChI=1S/C9H17N3O/c1-5-7(12(3)4)8(9(10)13)11-6-2/h6,11H,2,5H2,1,3-4H3,(H2,10,13)/b8-7-. The zero-order chi connectivity index (χ0) is 10.4. The lowest BCUT2D eigenvalue weighted by Crippen LogP contribution is -2.28. The second-order valence-corrected chi connectivity index (χ2v) is 2.78. The number of rotatable bonds is 5. The smallest absolute Gasteiger partial charge is 0.266 e. The molecular weight excluding hydrogens is 166 g/mol. The largest absolute Gasteiger partial charge is 0.379 e. The minimum atomic E-state index is -0.467. The van der Waals surface area contributed by atoms with Crippen molar-refractivity contribution < 1.29 is 4.79 Å². The number of allylic oxidation sites excluding steroid dienone is 1. The molecule has 0 fully saturated rings. The molecule has 0 aromatic carbocycles. The molecule has 0 aromatic heterocycles. The Hall–Kier alpha value is -1.45. The van der Waals surface area contributed by atoms with E-state index in [1.807, 2.05) is 25.9 Å². The highest BCUT2D eigenvalue weighted by Crippen LogP contribution is 2.08. The van der Waals surface area contributed by atoms with E-state index < -0.39 is 5.91 Å². The molecule has 0 unspecified atom stereocenters. The fourth-order valence-corrected chi connectivity index (χ4v) is 1.12. The molecule has 0 saturated carbocycles. The van der Waals surface area contributed by atoms with Crippen LogP contribution in [-0.4, -0.2) is 24.9 Å². The Morgan fingerprint density at radius 1 is 1.62 bits per heavy atom. The predicted octanol–water partition coefficient (Wildman–Crippen LogP) is 0.388. The summed E-state index contributed by atoms with van der Waals surface area (Å²) >= 11 is 0. The highest BCUT2D eigenvalue weighted by molar-refractivity contribution is 5.92. The Bertz CT molecular complexity index is 231. The fraction of sp³-hybridized carbons (Fsp3) is 0.444. The molecule has 0 spiro atoms. The molecule has 0 aliphatic heterocycles. The maximum absolute atomic E-state index is 11.0. The van der Waals surface area contributed by atoms with Crippen LogP contribution in [0.5, 0.6) is 0 Å². The average Bonchev–Trinajstić information content (AvgIpc) is 2.03. The third-order valence-corrected chi connectivity index (χ3v) is 1.66. The first kappa shape index (κ1) is 11.6. The summed E-state index contributed by atoms with van der Waals surface area (Å²) in [7, 11) is 3.74. The van der Waals surface area contributed by atoms with Gasteiger partial charge in [0.25, 0.3) is 5.91 Å². The quantitative estimate of drug-likeness (QED) is 0.606. The number of amides is 1. The Kier molecular flexibility index (Phi) is 4.66. The van der Waals surface area contributed by atoms with E-state index in [1.54, 1.807) is 0 Å². The van der Waals surface area contributed by atoms with Gasteiger partial charge >= 0.3 is 0 Å². The van der Waals surface area contributed by atoms with E-state index in [1.165, 1.54) is 6.20 Å². The molecule has 0 bridgehead atoms. The van der Waals surface area contributed by atoms with Crippen LogP contribution in [-0.2, 0) is 4.79 Å². The number of carbonyl (C=O) groups excluding carboxylic acids is 1. The maximum atomic E-state index is 11.0. The van der Waals surface area contributed by atoms with Crippen molar-refractivity contribution in [3.8, 4) is 0 Å². The first-order chi connectivity index (χ1) is 6.04. The number of nitrogens with one attached hydrogen (secondary N) is 1. The van der Waals surface area contributed by atoms with Crippen LogP contribution in [0, 0.1) is 0 Å². The zero-order valence-electron chi connectivity index (χ0n) is 8.42. The van der Waals surface area contributed by atoms with Crippen molar-refractivity contribution in [2.75, 3.05) is 14.1 Å². The molecule has 0 atom stereocenters. The Morgan fingerprint density at radius 2 is 2.15 bits per heavy atom. The molecule has 1 amide bonds. The highest BCUT2D eigenvalue weighted by atomic mass is 16.1. The molecule has 74 valence electrons. The van der Waals surface area contributed by atoms with Gasteiger partial charge in [0.05, 0.1) is 0 Å². The van der Waals surface area contributed by atoms with Crippen molar-refractivity contribution in [1.29, 1.82) is 0 Å². The summed E-state index contributed by atoms with van der Waals surface area (Å²) in [4.78, 5) is 12.9. The summed E-state index contributed by atoms with van der Waals surface area (Å²) in [6.07, 6.45) is 2.19. The van der Waals surface area contributed by atoms with Gasteiger partial charge in [0.15, 0.2) is 0 Å². The van der Waals surface area contributed by atoms with Crippen molar-refractivity contribution >= 4 is 5.91 Å². The van der Waals surface area contributed by atoms with E-state index in [0.29, 0.717) is 5.70 Å². The topological polar surface area (TPSA) is 58.4 Å². The van der Waals surface area contributed by atoms with Gasteiger partial charge < -0.3 is 16.0 Å². The molecule has 0 aliphatic rings. The van der Waals surface area contributed by atoms with Crippen molar-refractivity contribution in [1.82, 2.24) is 10.2 Å². The number of hydrogen-bond acceptors (Lipinski definition) is 3. The molecule has 13 heavy (non-hydrogen) atoms. The summed E-state index contributed by atoms with van der Waals surface area (Å²) in [6, 6.07) is 0. The zero-order valence-corrected chi connectivity index (χ0v) is 8.42. The number of nitrogens with two attached hydrogens (primary N) is 1. The van der Waals surface area contributed by atoms with Gasteiger partial charge in [0.1, 0.15) is 5.70 Å². The van der Waals surface area contributed by atoms with E-state index in [-0.39, 0.29) is 0 Å². The third kappa shape index (κ3) is 3.19. The Labute approximate surface area is 79.1 Å². The summed E-state index contributed by atoms with van der Waals surface area (Å²) in [5.74, 6) is -0.467. The number of primary amides is 1. The monoisotopic (exact) mass is 183 g/mol. The molecule has 0 aliphatic carbocycles. The minimum absolute atomic E-state index is 0.405. The molecular formula is C9H17N3O. The summed E-state index contributed by atoms with van der Waals surface area (Å²) in [5, 5.41) is 2.74. The van der Waals surface area contributed by atoms with Crippen LogP contribution in [0.1, 0.15) is 13.3 Å². The number of nitrogens with zero attached hydrogens (tertiary/aromatic N) is 1. The SMILES string of the molecule is C=CN/C(C(N)=O)=C(/CC)N(C)C. The van der Waals surface area contributed by atoms with Crippen molar-refractivity contribution in [2.24, 2.45) is 5.73 Å². The van der Waals surface area contributed by atoms with Gasteiger partial charge in [-0.25, -0.2) is 0 Å².